The molecule has 15 heteroatoms. The van der Waals surface area contributed by atoms with Crippen molar-refractivity contribution in [2.24, 2.45) is 11.5 Å². The molecule has 0 spiro atoms. The predicted octanol–water partition coefficient (Wildman–Crippen LogP) is 7.54. The molecule has 4 aromatic rings. The monoisotopic (exact) mass is 880 g/mol. The fourth-order valence-electron chi connectivity index (χ4n) is 8.67. The lowest BCUT2D eigenvalue weighted by Crippen LogP contribution is -2.34. The Balaban J connectivity index is 0.000000230. The van der Waals surface area contributed by atoms with Gasteiger partial charge in [0, 0.05) is 86.5 Å². The van der Waals surface area contributed by atoms with E-state index in [1.807, 2.05) is 24.3 Å². The maximum Gasteiger partial charge on any atom is 0.250 e. The van der Waals surface area contributed by atoms with Crippen molar-refractivity contribution in [3.05, 3.63) is 111 Å². The average molecular weight is 883 g/mol. The average Bonchev–Trinajstić information content (AvgIpc) is 3.82. The van der Waals surface area contributed by atoms with E-state index in [4.69, 9.17) is 39.8 Å². The molecule has 2 saturated heterocycles. The van der Waals surface area contributed by atoms with Crippen molar-refractivity contribution in [3.63, 3.8) is 0 Å². The molecule has 6 heterocycles. The van der Waals surface area contributed by atoms with Crippen LogP contribution in [0.5, 0.6) is 0 Å². The number of aliphatic hydroxyl groups excluding tert-OH is 1. The zero-order valence-corrected chi connectivity index (χ0v) is 36.3. The first kappa shape index (κ1) is 45.9. The Kier molecular flexibility index (Phi) is 16.2. The van der Waals surface area contributed by atoms with Crippen molar-refractivity contribution in [3.8, 4) is 0 Å². The number of rotatable bonds is 10. The van der Waals surface area contributed by atoms with Crippen molar-refractivity contribution < 1.29 is 24.3 Å². The maximum absolute atomic E-state index is 12.6. The highest BCUT2D eigenvalue weighted by Gasteiger charge is 2.43. The van der Waals surface area contributed by atoms with Gasteiger partial charge in [-0.3, -0.25) is 29.0 Å². The van der Waals surface area contributed by atoms with Crippen LogP contribution in [-0.2, 0) is 48.1 Å². The van der Waals surface area contributed by atoms with E-state index >= 15 is 0 Å². The number of carbonyl (C=O) groups excluding carboxylic acids is 4. The Morgan fingerprint density at radius 2 is 0.964 bits per heavy atom. The summed E-state index contributed by atoms with van der Waals surface area (Å²) in [7, 11) is 5.25. The topological polar surface area (TPSA) is 147 Å². The summed E-state index contributed by atoms with van der Waals surface area (Å²) in [6.45, 7) is 0. The minimum absolute atomic E-state index is 0. The summed E-state index contributed by atoms with van der Waals surface area (Å²) >= 11 is 15.0. The Hall–Kier alpha value is -2.84. The van der Waals surface area contributed by atoms with E-state index in [1.165, 1.54) is 9.75 Å². The van der Waals surface area contributed by atoms with Gasteiger partial charge in [-0.25, -0.2) is 0 Å². The third kappa shape index (κ3) is 9.71. The van der Waals surface area contributed by atoms with Gasteiger partial charge in [0.25, 0.3) is 0 Å². The van der Waals surface area contributed by atoms with Crippen LogP contribution >= 0.6 is 70.7 Å². The molecule has 4 aliphatic heterocycles. The number of benzene rings is 2. The largest absolute Gasteiger partial charge is 0.400 e. The second kappa shape index (κ2) is 19.7. The Labute approximate surface area is 358 Å². The van der Waals surface area contributed by atoms with Crippen LogP contribution in [0.15, 0.2) is 48.5 Å². The quantitative estimate of drug-likeness (QED) is 0.149. The van der Waals surface area contributed by atoms with Crippen LogP contribution in [0, 0.1) is 0 Å². The van der Waals surface area contributed by atoms with E-state index in [1.54, 1.807) is 46.9 Å². The van der Waals surface area contributed by atoms with Gasteiger partial charge in [-0.05, 0) is 99.1 Å². The zero-order chi connectivity index (χ0) is 38.8. The number of thiophene rings is 2. The highest BCUT2D eigenvalue weighted by Crippen LogP contribution is 2.49. The number of nitrogens with two attached hydrogens (primary N) is 2. The van der Waals surface area contributed by atoms with Gasteiger partial charge in [-0.1, -0.05) is 47.5 Å². The molecule has 4 aliphatic rings. The minimum atomic E-state index is -0.407. The summed E-state index contributed by atoms with van der Waals surface area (Å²) in [5.74, 6) is -0.634. The number of hydrogen-bond donors (Lipinski definition) is 3. The van der Waals surface area contributed by atoms with Crippen LogP contribution in [0.4, 0.5) is 0 Å². The lowest BCUT2D eigenvalue weighted by molar-refractivity contribution is -0.118. The summed E-state index contributed by atoms with van der Waals surface area (Å²) in [6, 6.07) is 16.2. The fraction of sp³-hybridized carbons (Fsp3) is 0.415. The smallest absolute Gasteiger partial charge is 0.250 e. The number of aliphatic hydroxyl groups is 1. The molecule has 8 rings (SSSR count). The molecule has 4 bridgehead atoms. The number of carbonyl (C=O) groups is 4. The summed E-state index contributed by atoms with van der Waals surface area (Å²) in [4.78, 5) is 58.5. The van der Waals surface area contributed by atoms with Crippen LogP contribution in [0.25, 0.3) is 0 Å². The highest BCUT2D eigenvalue weighted by molar-refractivity contribution is 7.13. The normalized spacial score (nSPS) is 20.2. The van der Waals surface area contributed by atoms with Gasteiger partial charge in [0.1, 0.15) is 11.6 Å². The van der Waals surface area contributed by atoms with E-state index in [2.05, 4.69) is 23.9 Å². The molecule has 302 valence electrons. The summed E-state index contributed by atoms with van der Waals surface area (Å²) in [5, 5.41) is 8.31. The summed E-state index contributed by atoms with van der Waals surface area (Å²) in [6.07, 6.45) is 7.55. The molecule has 56 heavy (non-hydrogen) atoms. The number of amides is 2. The number of halogens is 4. The lowest BCUT2D eigenvalue weighted by atomic mass is 9.94. The van der Waals surface area contributed by atoms with Crippen molar-refractivity contribution in [2.75, 3.05) is 21.2 Å². The number of fused-ring (bicyclic) bond motifs is 8. The second-order valence-corrected chi connectivity index (χ2v) is 17.7. The first-order valence-electron chi connectivity index (χ1n) is 18.2. The molecule has 2 fully saturated rings. The van der Waals surface area contributed by atoms with Gasteiger partial charge in [0.2, 0.25) is 11.8 Å². The van der Waals surface area contributed by atoms with E-state index < -0.39 is 11.8 Å². The standard InChI is InChI=1S/2C20H21ClN2O2S.CH4O.2ClH/c2*1-23-13-6-7-15(23)18-16(9-13)26-17(19(18)20(22)25)10-14(24)8-11-2-4-12(21)5-3-11;1-2;;/h2*2-5,13,15H,6-10H2,1H3,(H2,22,25);2H,1H3;2*1H/t2*13-,15?;;;/m11.../s1. The van der Waals surface area contributed by atoms with Crippen LogP contribution < -0.4 is 11.5 Å². The first-order chi connectivity index (χ1) is 25.9. The first-order valence-corrected chi connectivity index (χ1v) is 20.6. The SMILES string of the molecule is CN1C2CC[C@@H]1Cc1sc(CC(=O)Cc3ccc(Cl)cc3)c(C(N)=O)c12.CN1C2CC[C@@H]1Cc1sc(CC(=O)Cc3ccc(Cl)cc3)c(C(N)=O)c12.CO.Cl.Cl. The van der Waals surface area contributed by atoms with E-state index in [0.717, 1.165) is 77.6 Å². The molecule has 0 saturated carbocycles. The number of likely N-dealkylation sites (N-methyl/N-ethyl adjacent to an activating group) is 2. The summed E-state index contributed by atoms with van der Waals surface area (Å²) in [5.41, 5.74) is 16.7. The van der Waals surface area contributed by atoms with Crippen LogP contribution in [-0.4, -0.2) is 71.6 Å². The molecule has 2 unspecified atom stereocenters. The zero-order valence-electron chi connectivity index (χ0n) is 31.5. The molecule has 5 N–H and O–H groups in total. The number of primary amides is 2. The molecule has 0 aliphatic carbocycles. The number of nitrogens with zero attached hydrogens (tertiary/aromatic N) is 2. The molecule has 2 amide bonds. The van der Waals surface area contributed by atoms with E-state index in [-0.39, 0.29) is 61.3 Å². The van der Waals surface area contributed by atoms with Gasteiger partial charge in [0.15, 0.2) is 0 Å². The van der Waals surface area contributed by atoms with Crippen molar-refractivity contribution >= 4 is 94.1 Å². The third-order valence-electron chi connectivity index (χ3n) is 11.2. The molecule has 2 aromatic carbocycles. The molecule has 9 nitrogen and oxygen atoms in total. The minimum Gasteiger partial charge on any atom is -0.400 e. The Morgan fingerprint density at radius 3 is 1.29 bits per heavy atom. The molecular weight excluding hydrogens is 834 g/mol. The van der Waals surface area contributed by atoms with Gasteiger partial charge in [0.05, 0.1) is 11.1 Å². The molecule has 4 atom stereocenters. The predicted molar refractivity (Wildman–Crippen MR) is 231 cm³/mol. The van der Waals surface area contributed by atoms with E-state index in [0.29, 0.717) is 46.1 Å². The van der Waals surface area contributed by atoms with Crippen molar-refractivity contribution in [1.29, 1.82) is 0 Å². The van der Waals surface area contributed by atoms with Gasteiger partial charge < -0.3 is 16.6 Å². The van der Waals surface area contributed by atoms with Crippen LogP contribution in [0.2, 0.25) is 10.0 Å². The van der Waals surface area contributed by atoms with Crippen LogP contribution in [0.3, 0.4) is 0 Å². The lowest BCUT2D eigenvalue weighted by Gasteiger charge is -2.31. The fourth-order valence-corrected chi connectivity index (χ4v) is 11.9. The van der Waals surface area contributed by atoms with Gasteiger partial charge in [-0.2, -0.15) is 0 Å². The van der Waals surface area contributed by atoms with Crippen molar-refractivity contribution in [1.82, 2.24) is 9.80 Å². The Morgan fingerprint density at radius 1 is 0.625 bits per heavy atom. The number of Topliss-reactive ketones (excluding diaryl/α,β-unsaturated/α-hetero) is 2. The molecule has 0 radical (unpaired) electrons. The third-order valence-corrected chi connectivity index (χ3v) is 14.2. The summed E-state index contributed by atoms with van der Waals surface area (Å²) < 4.78 is 0. The van der Waals surface area contributed by atoms with Crippen molar-refractivity contribution in [2.45, 2.75) is 88.4 Å². The van der Waals surface area contributed by atoms with Gasteiger partial charge >= 0.3 is 0 Å². The van der Waals surface area contributed by atoms with E-state index in [9.17, 15) is 19.2 Å². The van der Waals surface area contributed by atoms with Gasteiger partial charge in [-0.15, -0.1) is 47.5 Å². The van der Waals surface area contributed by atoms with Crippen LogP contribution in [0.1, 0.15) is 100 Å². The second-order valence-electron chi connectivity index (χ2n) is 14.5. The highest BCUT2D eigenvalue weighted by atomic mass is 35.5. The Bertz CT molecular complexity index is 1910. The maximum atomic E-state index is 12.6. The molecular formula is C41H48Cl4N4O5S2. The number of hydrogen-bond acceptors (Lipinski definition) is 9. The number of ketones is 2. The molecule has 2 aromatic heterocycles.